The second kappa shape index (κ2) is 6.82. The van der Waals surface area contributed by atoms with Crippen LogP contribution in [0.2, 0.25) is 5.02 Å². The molecule has 2 aromatic rings. The average Bonchev–Trinajstić information content (AvgIpc) is 2.51. The van der Waals surface area contributed by atoms with Gasteiger partial charge in [-0.25, -0.2) is 0 Å². The number of fused-ring (bicyclic) bond motifs is 1. The van der Waals surface area contributed by atoms with Gasteiger partial charge in [0.1, 0.15) is 0 Å². The number of benzene rings is 2. The van der Waals surface area contributed by atoms with E-state index in [9.17, 15) is 0 Å². The Morgan fingerprint density at radius 2 is 1.95 bits per heavy atom. The first-order valence-electron chi connectivity index (χ1n) is 7.99. The van der Waals surface area contributed by atoms with E-state index in [4.69, 9.17) is 23.1 Å². The van der Waals surface area contributed by atoms with E-state index in [0.29, 0.717) is 12.5 Å². The first-order chi connectivity index (χ1) is 10.7. The van der Waals surface area contributed by atoms with Crippen LogP contribution in [0.15, 0.2) is 42.5 Å². The summed E-state index contributed by atoms with van der Waals surface area (Å²) in [5, 5.41) is 0.791. The zero-order valence-corrected chi connectivity index (χ0v) is 13.5. The highest BCUT2D eigenvalue weighted by Crippen LogP contribution is 2.34. The first-order valence-corrected chi connectivity index (χ1v) is 8.37. The minimum absolute atomic E-state index is 0.208. The molecule has 22 heavy (non-hydrogen) atoms. The van der Waals surface area contributed by atoms with Crippen molar-refractivity contribution < 1.29 is 0 Å². The summed E-state index contributed by atoms with van der Waals surface area (Å²) < 4.78 is 0. The van der Waals surface area contributed by atoms with Gasteiger partial charge < -0.3 is 11.5 Å². The Labute approximate surface area is 137 Å². The third kappa shape index (κ3) is 3.35. The van der Waals surface area contributed by atoms with Crippen LogP contribution in [0.1, 0.15) is 34.6 Å². The van der Waals surface area contributed by atoms with Crippen LogP contribution in [0, 0.1) is 0 Å². The molecular weight excluding hydrogens is 292 g/mol. The maximum atomic E-state index is 6.45. The molecule has 0 heterocycles. The molecular formula is C19H23ClN2. The third-order valence-corrected chi connectivity index (χ3v) is 4.89. The lowest BCUT2D eigenvalue weighted by Crippen LogP contribution is -2.34. The van der Waals surface area contributed by atoms with Crippen LogP contribution in [0.25, 0.3) is 0 Å². The van der Waals surface area contributed by atoms with Crippen LogP contribution < -0.4 is 11.5 Å². The molecule has 1 aliphatic rings. The van der Waals surface area contributed by atoms with Crippen molar-refractivity contribution in [2.24, 2.45) is 11.5 Å². The normalized spacial score (nSPS) is 20.7. The molecule has 0 radical (unpaired) electrons. The average molecular weight is 315 g/mol. The predicted octanol–water partition coefficient (Wildman–Crippen LogP) is 3.44. The Balaban J connectivity index is 1.92. The Morgan fingerprint density at radius 3 is 2.73 bits per heavy atom. The second-order valence-electron chi connectivity index (χ2n) is 6.21. The van der Waals surface area contributed by atoms with Crippen LogP contribution in [-0.4, -0.2) is 12.6 Å². The van der Waals surface area contributed by atoms with E-state index in [2.05, 4.69) is 24.3 Å². The van der Waals surface area contributed by atoms with E-state index in [-0.39, 0.29) is 6.04 Å². The molecule has 0 saturated carbocycles. The van der Waals surface area contributed by atoms with Gasteiger partial charge in [-0.1, -0.05) is 41.9 Å². The molecule has 0 amide bonds. The molecule has 0 fully saturated rings. The summed E-state index contributed by atoms with van der Waals surface area (Å²) in [5.74, 6) is 0.361. The monoisotopic (exact) mass is 314 g/mol. The number of nitrogens with two attached hydrogens (primary N) is 2. The van der Waals surface area contributed by atoms with Gasteiger partial charge in [0, 0.05) is 17.0 Å². The Hall–Kier alpha value is -1.35. The lowest BCUT2D eigenvalue weighted by molar-refractivity contribution is 0.467. The summed E-state index contributed by atoms with van der Waals surface area (Å²) in [7, 11) is 0. The molecule has 0 aliphatic heterocycles. The first kappa shape index (κ1) is 15.5. The number of aryl methyl sites for hydroxylation is 1. The van der Waals surface area contributed by atoms with E-state index in [1.165, 1.54) is 22.3 Å². The van der Waals surface area contributed by atoms with E-state index >= 15 is 0 Å². The minimum Gasteiger partial charge on any atom is -0.330 e. The molecule has 0 bridgehead atoms. The lowest BCUT2D eigenvalue weighted by Gasteiger charge is -2.32. The van der Waals surface area contributed by atoms with E-state index < -0.39 is 0 Å². The Morgan fingerprint density at radius 1 is 1.09 bits per heavy atom. The van der Waals surface area contributed by atoms with Crippen LogP contribution in [0.5, 0.6) is 0 Å². The van der Waals surface area contributed by atoms with Gasteiger partial charge in [-0.3, -0.25) is 0 Å². The number of halogens is 1. The minimum atomic E-state index is 0.208. The van der Waals surface area contributed by atoms with Crippen LogP contribution in [-0.2, 0) is 19.3 Å². The van der Waals surface area contributed by atoms with Crippen molar-refractivity contribution in [3.8, 4) is 0 Å². The van der Waals surface area contributed by atoms with Gasteiger partial charge in [-0.15, -0.1) is 0 Å². The zero-order valence-electron chi connectivity index (χ0n) is 12.8. The second-order valence-corrected chi connectivity index (χ2v) is 6.65. The van der Waals surface area contributed by atoms with Crippen molar-refractivity contribution in [1.29, 1.82) is 0 Å². The Kier molecular flexibility index (Phi) is 4.82. The molecule has 0 spiro atoms. The molecule has 3 rings (SSSR count). The van der Waals surface area contributed by atoms with Gasteiger partial charge in [0.25, 0.3) is 0 Å². The topological polar surface area (TPSA) is 52.0 Å². The van der Waals surface area contributed by atoms with Gasteiger partial charge in [-0.05, 0) is 66.6 Å². The summed E-state index contributed by atoms with van der Waals surface area (Å²) >= 11 is 6.12. The van der Waals surface area contributed by atoms with Crippen molar-refractivity contribution >= 4 is 11.6 Å². The Bertz CT molecular complexity index is 654. The number of rotatable bonds is 4. The van der Waals surface area contributed by atoms with Crippen LogP contribution in [0.4, 0.5) is 0 Å². The summed E-state index contributed by atoms with van der Waals surface area (Å²) in [6.07, 6.45) is 3.99. The zero-order chi connectivity index (χ0) is 15.5. The van der Waals surface area contributed by atoms with Crippen LogP contribution >= 0.6 is 11.6 Å². The maximum Gasteiger partial charge on any atom is 0.0408 e. The highest BCUT2D eigenvalue weighted by Gasteiger charge is 2.27. The quantitative estimate of drug-likeness (QED) is 0.908. The van der Waals surface area contributed by atoms with Crippen molar-refractivity contribution in [3.05, 3.63) is 69.7 Å². The fraction of sp³-hybridized carbons (Fsp3) is 0.368. The SMILES string of the molecule is NCCc1ccc2c(c1)C(Cc1cccc(Cl)c1)C(N)CC2. The van der Waals surface area contributed by atoms with E-state index in [0.717, 1.165) is 30.7 Å². The van der Waals surface area contributed by atoms with Gasteiger partial charge >= 0.3 is 0 Å². The van der Waals surface area contributed by atoms with Gasteiger partial charge in [0.05, 0.1) is 0 Å². The van der Waals surface area contributed by atoms with Crippen LogP contribution in [0.3, 0.4) is 0 Å². The molecule has 1 aliphatic carbocycles. The molecule has 116 valence electrons. The third-order valence-electron chi connectivity index (χ3n) is 4.65. The number of hydrogen-bond acceptors (Lipinski definition) is 2. The number of hydrogen-bond donors (Lipinski definition) is 2. The molecule has 0 saturated heterocycles. The van der Waals surface area contributed by atoms with E-state index in [1.54, 1.807) is 0 Å². The summed E-state index contributed by atoms with van der Waals surface area (Å²) in [4.78, 5) is 0. The van der Waals surface area contributed by atoms with Crippen molar-refractivity contribution in [2.75, 3.05) is 6.54 Å². The smallest absolute Gasteiger partial charge is 0.0408 e. The summed E-state index contributed by atoms with van der Waals surface area (Å²) in [6.45, 7) is 0.684. The standard InChI is InChI=1S/C19H23ClN2/c20-16-3-1-2-14(10-16)12-18-17-11-13(8-9-21)4-5-15(17)6-7-19(18)22/h1-5,10-11,18-19H,6-9,12,21-22H2. The lowest BCUT2D eigenvalue weighted by atomic mass is 9.76. The summed E-state index contributed by atoms with van der Waals surface area (Å²) in [6, 6.07) is 15.1. The predicted molar refractivity (Wildman–Crippen MR) is 93.4 cm³/mol. The highest BCUT2D eigenvalue weighted by atomic mass is 35.5. The fourth-order valence-electron chi connectivity index (χ4n) is 3.47. The van der Waals surface area contributed by atoms with Gasteiger partial charge in [-0.2, -0.15) is 0 Å². The van der Waals surface area contributed by atoms with Crippen molar-refractivity contribution in [3.63, 3.8) is 0 Å². The highest BCUT2D eigenvalue weighted by molar-refractivity contribution is 6.30. The van der Waals surface area contributed by atoms with E-state index in [1.807, 2.05) is 18.2 Å². The molecule has 4 N–H and O–H groups in total. The van der Waals surface area contributed by atoms with Crippen molar-refractivity contribution in [1.82, 2.24) is 0 Å². The molecule has 2 atom stereocenters. The van der Waals surface area contributed by atoms with Gasteiger partial charge in [0.15, 0.2) is 0 Å². The largest absolute Gasteiger partial charge is 0.330 e. The fourth-order valence-corrected chi connectivity index (χ4v) is 3.69. The maximum absolute atomic E-state index is 6.45. The van der Waals surface area contributed by atoms with Crippen molar-refractivity contribution in [2.45, 2.75) is 37.6 Å². The molecule has 0 aromatic heterocycles. The molecule has 3 heteroatoms. The molecule has 2 unspecified atom stereocenters. The molecule has 2 nitrogen and oxygen atoms in total. The molecule has 2 aromatic carbocycles. The summed E-state index contributed by atoms with van der Waals surface area (Å²) in [5.41, 5.74) is 17.6. The van der Waals surface area contributed by atoms with Gasteiger partial charge in [0.2, 0.25) is 0 Å².